The maximum Gasteiger partial charge on any atom is 0.227 e. The number of amides is 1. The number of para-hydroxylation sites is 1. The van der Waals surface area contributed by atoms with E-state index < -0.39 is 0 Å². The van der Waals surface area contributed by atoms with E-state index in [2.05, 4.69) is 29.2 Å². The van der Waals surface area contributed by atoms with Crippen molar-refractivity contribution in [2.24, 2.45) is 11.8 Å². The third-order valence-electron chi connectivity index (χ3n) is 4.21. The molecular weight excluding hydrogens is 240 g/mol. The lowest BCUT2D eigenvalue weighted by atomic mass is 10.0. The number of likely N-dealkylation sites (tertiary alicyclic amines) is 1. The number of ether oxygens (including phenoxy) is 1. The summed E-state index contributed by atoms with van der Waals surface area (Å²) in [4.78, 5) is 16.6. The number of rotatable bonds is 4. The van der Waals surface area contributed by atoms with E-state index in [1.54, 1.807) is 7.11 Å². The van der Waals surface area contributed by atoms with Crippen LogP contribution in [0.3, 0.4) is 0 Å². The van der Waals surface area contributed by atoms with Crippen LogP contribution in [0.1, 0.15) is 0 Å². The minimum absolute atomic E-state index is 0.178. The summed E-state index contributed by atoms with van der Waals surface area (Å²) in [7, 11) is 1.68. The van der Waals surface area contributed by atoms with Gasteiger partial charge in [-0.05, 0) is 12.1 Å². The van der Waals surface area contributed by atoms with Crippen molar-refractivity contribution < 1.29 is 9.53 Å². The highest BCUT2D eigenvalue weighted by molar-refractivity contribution is 5.83. The second-order valence-corrected chi connectivity index (χ2v) is 5.38. The molecule has 0 aliphatic carbocycles. The van der Waals surface area contributed by atoms with Crippen LogP contribution >= 0.6 is 0 Å². The minimum Gasteiger partial charge on any atom is -0.383 e. The van der Waals surface area contributed by atoms with Gasteiger partial charge in [0, 0.05) is 44.9 Å². The van der Waals surface area contributed by atoms with E-state index in [0.29, 0.717) is 18.4 Å². The Labute approximate surface area is 113 Å². The average molecular weight is 260 g/mol. The number of methoxy groups -OCH3 is 1. The van der Waals surface area contributed by atoms with Gasteiger partial charge in [0.1, 0.15) is 0 Å². The topological polar surface area (TPSA) is 32.8 Å². The highest BCUT2D eigenvalue weighted by atomic mass is 16.5. The zero-order valence-corrected chi connectivity index (χ0v) is 11.3. The van der Waals surface area contributed by atoms with Crippen LogP contribution in [-0.2, 0) is 9.53 Å². The Hall–Kier alpha value is -1.55. The fourth-order valence-corrected chi connectivity index (χ4v) is 3.20. The summed E-state index contributed by atoms with van der Waals surface area (Å²) in [5.41, 5.74) is 1.23. The molecule has 0 saturated carbocycles. The molecule has 3 rings (SSSR count). The van der Waals surface area contributed by atoms with Gasteiger partial charge >= 0.3 is 0 Å². The molecule has 2 saturated heterocycles. The molecule has 102 valence electrons. The van der Waals surface area contributed by atoms with Gasteiger partial charge in [-0.3, -0.25) is 4.79 Å². The second-order valence-electron chi connectivity index (χ2n) is 5.38. The smallest absolute Gasteiger partial charge is 0.227 e. The molecule has 0 bridgehead atoms. The molecule has 1 aromatic carbocycles. The van der Waals surface area contributed by atoms with Gasteiger partial charge in [0.2, 0.25) is 5.91 Å². The van der Waals surface area contributed by atoms with Crippen molar-refractivity contribution in [1.82, 2.24) is 4.90 Å². The quantitative estimate of drug-likeness (QED) is 0.816. The summed E-state index contributed by atoms with van der Waals surface area (Å²) < 4.78 is 5.06. The van der Waals surface area contributed by atoms with Crippen LogP contribution in [0.5, 0.6) is 0 Å². The monoisotopic (exact) mass is 260 g/mol. The van der Waals surface area contributed by atoms with E-state index in [0.717, 1.165) is 26.2 Å². The average Bonchev–Trinajstić information content (AvgIpc) is 2.98. The molecule has 2 aliphatic rings. The number of carbonyl (C=O) groups excluding carboxylic acids is 1. The first-order valence-electron chi connectivity index (χ1n) is 6.87. The molecule has 0 unspecified atom stereocenters. The normalized spacial score (nSPS) is 26.1. The molecule has 0 N–H and O–H groups in total. The summed E-state index contributed by atoms with van der Waals surface area (Å²) >= 11 is 0. The molecule has 2 heterocycles. The maximum absolute atomic E-state index is 12.3. The third-order valence-corrected chi connectivity index (χ3v) is 4.21. The first-order valence-corrected chi connectivity index (χ1v) is 6.87. The summed E-state index contributed by atoms with van der Waals surface area (Å²) in [6, 6.07) is 10.4. The minimum atomic E-state index is 0.178. The maximum atomic E-state index is 12.3. The Morgan fingerprint density at radius 3 is 2.68 bits per heavy atom. The Balaban J connectivity index is 1.65. The van der Waals surface area contributed by atoms with Crippen LogP contribution in [0.25, 0.3) is 0 Å². The van der Waals surface area contributed by atoms with Crippen LogP contribution in [0.2, 0.25) is 0 Å². The van der Waals surface area contributed by atoms with Crippen LogP contribution in [0.15, 0.2) is 30.3 Å². The Morgan fingerprint density at radius 2 is 2.00 bits per heavy atom. The van der Waals surface area contributed by atoms with E-state index in [4.69, 9.17) is 4.74 Å². The number of hydrogen-bond donors (Lipinski definition) is 0. The SMILES string of the molecule is COCCN1C[C@@H]2CN(c3ccccc3)C[C@@H]2C1=O. The lowest BCUT2D eigenvalue weighted by molar-refractivity contribution is -0.131. The van der Waals surface area contributed by atoms with Crippen molar-refractivity contribution in [3.05, 3.63) is 30.3 Å². The Morgan fingerprint density at radius 1 is 1.21 bits per heavy atom. The highest BCUT2D eigenvalue weighted by Crippen LogP contribution is 2.34. The highest BCUT2D eigenvalue weighted by Gasteiger charge is 2.45. The van der Waals surface area contributed by atoms with Crippen LogP contribution < -0.4 is 4.90 Å². The van der Waals surface area contributed by atoms with E-state index in [-0.39, 0.29) is 5.92 Å². The second kappa shape index (κ2) is 5.21. The first kappa shape index (κ1) is 12.5. The fraction of sp³-hybridized carbons (Fsp3) is 0.533. The number of anilines is 1. The number of carbonyl (C=O) groups is 1. The van der Waals surface area contributed by atoms with Gasteiger partial charge in [0.25, 0.3) is 0 Å². The molecule has 2 atom stereocenters. The Bertz CT molecular complexity index is 449. The van der Waals surface area contributed by atoms with Gasteiger partial charge < -0.3 is 14.5 Å². The number of hydrogen-bond acceptors (Lipinski definition) is 3. The van der Waals surface area contributed by atoms with Crippen LogP contribution in [0.4, 0.5) is 5.69 Å². The van der Waals surface area contributed by atoms with Gasteiger partial charge in [-0.25, -0.2) is 0 Å². The van der Waals surface area contributed by atoms with Crippen molar-refractivity contribution in [1.29, 1.82) is 0 Å². The molecule has 19 heavy (non-hydrogen) atoms. The van der Waals surface area contributed by atoms with E-state index in [9.17, 15) is 4.79 Å². The van der Waals surface area contributed by atoms with Gasteiger partial charge in [-0.1, -0.05) is 18.2 Å². The molecule has 1 amide bonds. The number of fused-ring (bicyclic) bond motifs is 1. The standard InChI is InChI=1S/C15H20N2O2/c1-19-8-7-16-9-12-10-17(11-14(12)15(16)18)13-5-3-2-4-6-13/h2-6,12,14H,7-11H2,1H3/t12-,14+/m1/s1. The molecule has 0 spiro atoms. The third kappa shape index (κ3) is 2.32. The molecule has 0 radical (unpaired) electrons. The van der Waals surface area contributed by atoms with Crippen LogP contribution in [0, 0.1) is 11.8 Å². The summed E-state index contributed by atoms with van der Waals surface area (Å²) in [5.74, 6) is 0.960. The predicted octanol–water partition coefficient (Wildman–Crippen LogP) is 1.23. The van der Waals surface area contributed by atoms with Gasteiger partial charge in [-0.2, -0.15) is 0 Å². The number of nitrogens with zero attached hydrogens (tertiary/aromatic N) is 2. The summed E-state index contributed by atoms with van der Waals surface area (Å²) in [6.45, 7) is 4.10. The van der Waals surface area contributed by atoms with E-state index in [1.807, 2.05) is 11.0 Å². The lowest BCUT2D eigenvalue weighted by Gasteiger charge is -2.23. The van der Waals surface area contributed by atoms with E-state index in [1.165, 1.54) is 5.69 Å². The molecule has 2 fully saturated rings. The van der Waals surface area contributed by atoms with Crippen molar-refractivity contribution in [3.63, 3.8) is 0 Å². The van der Waals surface area contributed by atoms with Crippen molar-refractivity contribution in [2.45, 2.75) is 0 Å². The first-order chi connectivity index (χ1) is 9.29. The molecule has 0 aromatic heterocycles. The number of benzene rings is 1. The zero-order valence-electron chi connectivity index (χ0n) is 11.3. The Kier molecular flexibility index (Phi) is 3.42. The van der Waals surface area contributed by atoms with Crippen molar-refractivity contribution in [2.75, 3.05) is 44.8 Å². The fourth-order valence-electron chi connectivity index (χ4n) is 3.20. The summed E-state index contributed by atoms with van der Waals surface area (Å²) in [6.07, 6.45) is 0. The van der Waals surface area contributed by atoms with Crippen molar-refractivity contribution >= 4 is 11.6 Å². The predicted molar refractivity (Wildman–Crippen MR) is 74.1 cm³/mol. The molecular formula is C15H20N2O2. The van der Waals surface area contributed by atoms with Gasteiger partial charge in [0.15, 0.2) is 0 Å². The molecule has 2 aliphatic heterocycles. The molecule has 1 aromatic rings. The largest absolute Gasteiger partial charge is 0.383 e. The van der Waals surface area contributed by atoms with Crippen molar-refractivity contribution in [3.8, 4) is 0 Å². The lowest BCUT2D eigenvalue weighted by Crippen LogP contribution is -2.34. The summed E-state index contributed by atoms with van der Waals surface area (Å²) in [5, 5.41) is 0. The van der Waals surface area contributed by atoms with Gasteiger partial charge in [-0.15, -0.1) is 0 Å². The molecule has 4 nitrogen and oxygen atoms in total. The van der Waals surface area contributed by atoms with Gasteiger partial charge in [0.05, 0.1) is 12.5 Å². The molecule has 4 heteroatoms. The zero-order chi connectivity index (χ0) is 13.2. The van der Waals surface area contributed by atoms with E-state index >= 15 is 0 Å². The van der Waals surface area contributed by atoms with Crippen LogP contribution in [-0.4, -0.2) is 50.7 Å².